The van der Waals surface area contributed by atoms with E-state index in [1.165, 1.54) is 0 Å². The van der Waals surface area contributed by atoms with Gasteiger partial charge in [-0.3, -0.25) is 4.90 Å². The normalized spacial score (nSPS) is 18.9. The first-order valence-corrected chi connectivity index (χ1v) is 7.86. The van der Waals surface area contributed by atoms with Gasteiger partial charge in [-0.2, -0.15) is 4.98 Å². The molecule has 2 heterocycles. The second-order valence-corrected chi connectivity index (χ2v) is 5.63. The highest BCUT2D eigenvalue weighted by molar-refractivity contribution is 5.70. The minimum atomic E-state index is 0.135. The molecular weight excluding hydrogens is 308 g/mol. The molecule has 1 aliphatic rings. The number of hydrogen-bond acceptors (Lipinski definition) is 7. The molecule has 0 saturated carbocycles. The number of benzene rings is 1. The van der Waals surface area contributed by atoms with Gasteiger partial charge in [-0.1, -0.05) is 5.16 Å². The second kappa shape index (κ2) is 7.46. The predicted octanol–water partition coefficient (Wildman–Crippen LogP) is 1.83. The van der Waals surface area contributed by atoms with Crippen molar-refractivity contribution < 1.29 is 14.0 Å². The lowest BCUT2D eigenvalue weighted by atomic mass is 10.1. The number of likely N-dealkylation sites (N-methyl/N-ethyl adjacent to an activating group) is 1. The van der Waals surface area contributed by atoms with E-state index in [4.69, 9.17) is 14.0 Å². The van der Waals surface area contributed by atoms with Gasteiger partial charge in [-0.15, -0.1) is 0 Å². The lowest BCUT2D eigenvalue weighted by molar-refractivity contribution is 0.190. The first-order valence-electron chi connectivity index (χ1n) is 7.86. The topological polar surface area (TPSA) is 72.7 Å². The maximum absolute atomic E-state index is 5.36. The molecule has 7 nitrogen and oxygen atoms in total. The Balaban J connectivity index is 1.78. The van der Waals surface area contributed by atoms with Crippen LogP contribution in [-0.4, -0.2) is 55.9 Å². The Kier molecular flexibility index (Phi) is 5.12. The van der Waals surface area contributed by atoms with Crippen LogP contribution in [0.5, 0.6) is 11.5 Å². The quantitative estimate of drug-likeness (QED) is 0.896. The molecule has 1 atom stereocenters. The van der Waals surface area contributed by atoms with Gasteiger partial charge < -0.3 is 19.3 Å². The summed E-state index contributed by atoms with van der Waals surface area (Å²) in [7, 11) is 5.34. The van der Waals surface area contributed by atoms with Gasteiger partial charge in [0.25, 0.3) is 5.89 Å². The van der Waals surface area contributed by atoms with Crippen LogP contribution < -0.4 is 14.8 Å². The molecule has 24 heavy (non-hydrogen) atoms. The summed E-state index contributed by atoms with van der Waals surface area (Å²) in [5.74, 6) is 2.68. The molecular formula is C17H22N4O3. The van der Waals surface area contributed by atoms with E-state index in [0.29, 0.717) is 11.7 Å². The van der Waals surface area contributed by atoms with Crippen molar-refractivity contribution in [3.8, 4) is 11.5 Å². The molecule has 0 amide bonds. The third-order valence-corrected chi connectivity index (χ3v) is 4.11. The minimum Gasteiger partial charge on any atom is -0.497 e. The van der Waals surface area contributed by atoms with Crippen molar-refractivity contribution in [1.29, 1.82) is 0 Å². The summed E-state index contributed by atoms with van der Waals surface area (Å²) in [5.41, 5.74) is 0.882. The SMILES string of the molecule is COc1ccc(OC)c(/C=C/c2nc(C3CNCCN3C)no2)c1. The summed E-state index contributed by atoms with van der Waals surface area (Å²) in [6, 6.07) is 5.75. The third-order valence-electron chi connectivity index (χ3n) is 4.11. The van der Waals surface area contributed by atoms with Crippen LogP contribution in [0.1, 0.15) is 23.3 Å². The van der Waals surface area contributed by atoms with Crippen LogP contribution in [0, 0.1) is 0 Å². The molecule has 0 aliphatic carbocycles. The Morgan fingerprint density at radius 2 is 2.17 bits per heavy atom. The van der Waals surface area contributed by atoms with Crippen LogP contribution in [0.2, 0.25) is 0 Å². The largest absolute Gasteiger partial charge is 0.497 e. The highest BCUT2D eigenvalue weighted by Crippen LogP contribution is 2.26. The number of aromatic nitrogens is 2. The van der Waals surface area contributed by atoms with Gasteiger partial charge >= 0.3 is 0 Å². The molecule has 1 aliphatic heterocycles. The minimum absolute atomic E-state index is 0.135. The first-order chi connectivity index (χ1) is 11.7. The molecule has 1 N–H and O–H groups in total. The fraction of sp³-hybridized carbons (Fsp3) is 0.412. The molecule has 1 saturated heterocycles. The maximum Gasteiger partial charge on any atom is 0.250 e. The molecule has 1 aromatic carbocycles. The van der Waals surface area contributed by atoms with Crippen LogP contribution in [0.4, 0.5) is 0 Å². The Hall–Kier alpha value is -2.38. The summed E-state index contributed by atoms with van der Waals surface area (Å²) in [6.07, 6.45) is 3.66. The highest BCUT2D eigenvalue weighted by atomic mass is 16.5. The zero-order chi connectivity index (χ0) is 16.9. The van der Waals surface area contributed by atoms with E-state index < -0.39 is 0 Å². The van der Waals surface area contributed by atoms with Gasteiger partial charge in [-0.05, 0) is 31.3 Å². The molecule has 128 valence electrons. The lowest BCUT2D eigenvalue weighted by Gasteiger charge is -2.30. The number of hydrogen-bond donors (Lipinski definition) is 1. The zero-order valence-corrected chi connectivity index (χ0v) is 14.2. The Labute approximate surface area is 141 Å². The van der Waals surface area contributed by atoms with E-state index in [1.807, 2.05) is 24.3 Å². The van der Waals surface area contributed by atoms with Crippen molar-refractivity contribution in [1.82, 2.24) is 20.4 Å². The number of piperazine rings is 1. The van der Waals surface area contributed by atoms with Crippen molar-refractivity contribution in [2.75, 3.05) is 40.9 Å². The number of ether oxygens (including phenoxy) is 2. The fourth-order valence-electron chi connectivity index (χ4n) is 2.68. The van der Waals surface area contributed by atoms with Gasteiger partial charge in [0.2, 0.25) is 0 Å². The van der Waals surface area contributed by atoms with E-state index in [-0.39, 0.29) is 6.04 Å². The van der Waals surface area contributed by atoms with Crippen LogP contribution in [0.15, 0.2) is 22.7 Å². The van der Waals surface area contributed by atoms with Gasteiger partial charge in [-0.25, -0.2) is 0 Å². The van der Waals surface area contributed by atoms with E-state index in [2.05, 4.69) is 27.4 Å². The average Bonchev–Trinajstić information content (AvgIpc) is 3.08. The van der Waals surface area contributed by atoms with Gasteiger partial charge in [0.1, 0.15) is 11.5 Å². The third kappa shape index (κ3) is 3.58. The zero-order valence-electron chi connectivity index (χ0n) is 14.2. The molecule has 1 unspecified atom stereocenters. The lowest BCUT2D eigenvalue weighted by Crippen LogP contribution is -2.44. The van der Waals surface area contributed by atoms with Crippen molar-refractivity contribution in [3.63, 3.8) is 0 Å². The standard InChI is InChI=1S/C17H22N4O3/c1-21-9-8-18-11-14(21)17-19-16(24-20-17)7-4-12-10-13(22-2)5-6-15(12)23-3/h4-7,10,14,18H,8-9,11H2,1-3H3/b7-4+. The van der Waals surface area contributed by atoms with Crippen LogP contribution in [0.3, 0.4) is 0 Å². The fourth-order valence-corrected chi connectivity index (χ4v) is 2.68. The van der Waals surface area contributed by atoms with Crippen LogP contribution >= 0.6 is 0 Å². The molecule has 0 radical (unpaired) electrons. The van der Waals surface area contributed by atoms with Crippen molar-refractivity contribution in [2.24, 2.45) is 0 Å². The van der Waals surface area contributed by atoms with E-state index in [0.717, 1.165) is 36.7 Å². The summed E-state index contributed by atoms with van der Waals surface area (Å²) < 4.78 is 16.0. The number of rotatable bonds is 5. The summed E-state index contributed by atoms with van der Waals surface area (Å²) in [4.78, 5) is 6.70. The van der Waals surface area contributed by atoms with Gasteiger partial charge in [0, 0.05) is 31.3 Å². The van der Waals surface area contributed by atoms with Crippen molar-refractivity contribution in [2.45, 2.75) is 6.04 Å². The number of methoxy groups -OCH3 is 2. The summed E-state index contributed by atoms with van der Waals surface area (Å²) >= 11 is 0. The molecule has 3 rings (SSSR count). The Morgan fingerprint density at radius 1 is 1.29 bits per heavy atom. The molecule has 1 aromatic heterocycles. The number of nitrogens with zero attached hydrogens (tertiary/aromatic N) is 3. The van der Waals surface area contributed by atoms with Crippen molar-refractivity contribution in [3.05, 3.63) is 35.5 Å². The van der Waals surface area contributed by atoms with E-state index >= 15 is 0 Å². The van der Waals surface area contributed by atoms with Crippen molar-refractivity contribution >= 4 is 12.2 Å². The van der Waals surface area contributed by atoms with Gasteiger partial charge in [0.15, 0.2) is 5.82 Å². The predicted molar refractivity (Wildman–Crippen MR) is 91.0 cm³/mol. The van der Waals surface area contributed by atoms with Crippen LogP contribution in [0.25, 0.3) is 12.2 Å². The highest BCUT2D eigenvalue weighted by Gasteiger charge is 2.24. The average molecular weight is 330 g/mol. The first kappa shape index (κ1) is 16.5. The second-order valence-electron chi connectivity index (χ2n) is 5.63. The molecule has 1 fully saturated rings. The summed E-state index contributed by atoms with van der Waals surface area (Å²) in [5, 5.41) is 7.45. The monoisotopic (exact) mass is 330 g/mol. The Bertz CT molecular complexity index is 714. The Morgan fingerprint density at radius 3 is 2.92 bits per heavy atom. The summed E-state index contributed by atoms with van der Waals surface area (Å²) in [6.45, 7) is 2.77. The van der Waals surface area contributed by atoms with E-state index in [1.54, 1.807) is 20.3 Å². The van der Waals surface area contributed by atoms with E-state index in [9.17, 15) is 0 Å². The molecule has 0 spiro atoms. The van der Waals surface area contributed by atoms with Crippen LogP contribution in [-0.2, 0) is 0 Å². The maximum atomic E-state index is 5.36. The molecule has 7 heteroatoms. The molecule has 0 bridgehead atoms. The molecule has 2 aromatic rings. The van der Waals surface area contributed by atoms with Gasteiger partial charge in [0.05, 0.1) is 20.3 Å². The number of nitrogens with one attached hydrogen (secondary N) is 1. The smallest absolute Gasteiger partial charge is 0.250 e.